The maximum Gasteiger partial charge on any atom is 0.0829 e. The van der Waals surface area contributed by atoms with Gasteiger partial charge in [0, 0.05) is 17.8 Å². The number of hydrazine groups is 1. The second kappa shape index (κ2) is 5.55. The van der Waals surface area contributed by atoms with Gasteiger partial charge in [0.2, 0.25) is 0 Å². The zero-order valence-corrected chi connectivity index (χ0v) is 12.5. The van der Waals surface area contributed by atoms with Crippen LogP contribution in [0.5, 0.6) is 0 Å². The number of rotatable bonds is 4. The lowest BCUT2D eigenvalue weighted by Crippen LogP contribution is -2.32. The number of pyridine rings is 1. The summed E-state index contributed by atoms with van der Waals surface area (Å²) >= 11 is 1.44. The van der Waals surface area contributed by atoms with Crippen LogP contribution in [0.3, 0.4) is 0 Å². The van der Waals surface area contributed by atoms with Gasteiger partial charge < -0.3 is 0 Å². The summed E-state index contributed by atoms with van der Waals surface area (Å²) in [5.41, 5.74) is 6.52. The third kappa shape index (κ3) is 2.24. The Kier molecular flexibility index (Phi) is 3.78. The maximum absolute atomic E-state index is 5.84. The molecule has 1 aliphatic rings. The monoisotopic (exact) mass is 289 g/mol. The van der Waals surface area contributed by atoms with E-state index in [0.717, 1.165) is 23.4 Å². The van der Waals surface area contributed by atoms with Crippen LogP contribution in [0.4, 0.5) is 0 Å². The first-order valence-corrected chi connectivity index (χ1v) is 7.71. The number of hydrogen-bond donors (Lipinski definition) is 2. The molecular formula is C14H19N5S. The van der Waals surface area contributed by atoms with Gasteiger partial charge >= 0.3 is 0 Å². The maximum atomic E-state index is 5.84. The number of nitrogens with zero attached hydrogens (tertiary/aromatic N) is 3. The van der Waals surface area contributed by atoms with Gasteiger partial charge in [-0.15, -0.1) is 5.10 Å². The van der Waals surface area contributed by atoms with Crippen LogP contribution >= 0.6 is 11.5 Å². The van der Waals surface area contributed by atoms with Crippen LogP contribution in [0.15, 0.2) is 18.3 Å². The Bertz CT molecular complexity index is 595. The normalized spacial score (nSPS) is 19.3. The molecule has 2 aromatic heterocycles. The van der Waals surface area contributed by atoms with Crippen molar-refractivity contribution in [3.63, 3.8) is 0 Å². The van der Waals surface area contributed by atoms with E-state index in [0.29, 0.717) is 11.8 Å². The minimum absolute atomic E-state index is 0.0450. The van der Waals surface area contributed by atoms with E-state index in [1.807, 2.05) is 12.3 Å². The van der Waals surface area contributed by atoms with Crippen LogP contribution in [-0.2, 0) is 6.42 Å². The van der Waals surface area contributed by atoms with E-state index in [4.69, 9.17) is 5.84 Å². The van der Waals surface area contributed by atoms with Crippen molar-refractivity contribution in [1.82, 2.24) is 20.0 Å². The summed E-state index contributed by atoms with van der Waals surface area (Å²) in [5, 5.41) is 4.26. The van der Waals surface area contributed by atoms with Gasteiger partial charge in [-0.1, -0.05) is 24.4 Å². The van der Waals surface area contributed by atoms with Crippen molar-refractivity contribution in [2.45, 2.75) is 44.6 Å². The van der Waals surface area contributed by atoms with Gasteiger partial charge in [-0.2, -0.15) is 0 Å². The van der Waals surface area contributed by atoms with Crippen LogP contribution in [0, 0.1) is 0 Å². The minimum Gasteiger partial charge on any atom is -0.271 e. The standard InChI is InChI=1S/C14H19N5S/c1-8(2)11-14(20-19-18-11)13(17-15)10-6-5-9-4-3-7-16-12(9)10/h3-4,7-8,10,13,17H,5-6,15H2,1-2H3. The zero-order valence-electron chi connectivity index (χ0n) is 11.7. The Morgan fingerprint density at radius 2 is 2.30 bits per heavy atom. The smallest absolute Gasteiger partial charge is 0.0829 e. The molecule has 3 rings (SSSR count). The summed E-state index contributed by atoms with van der Waals surface area (Å²) in [7, 11) is 0. The van der Waals surface area contributed by atoms with Crippen LogP contribution in [-0.4, -0.2) is 14.6 Å². The Morgan fingerprint density at radius 1 is 1.45 bits per heavy atom. The minimum atomic E-state index is 0.0450. The van der Waals surface area contributed by atoms with Gasteiger partial charge in [0.05, 0.1) is 16.6 Å². The summed E-state index contributed by atoms with van der Waals surface area (Å²) in [6.45, 7) is 4.27. The molecule has 0 saturated carbocycles. The van der Waals surface area contributed by atoms with Gasteiger partial charge in [-0.3, -0.25) is 16.3 Å². The molecule has 106 valence electrons. The van der Waals surface area contributed by atoms with Gasteiger partial charge in [0.1, 0.15) is 0 Å². The number of aromatic nitrogens is 3. The predicted octanol–water partition coefficient (Wildman–Crippen LogP) is 2.29. The van der Waals surface area contributed by atoms with Crippen molar-refractivity contribution in [3.05, 3.63) is 40.2 Å². The predicted molar refractivity (Wildman–Crippen MR) is 79.4 cm³/mol. The van der Waals surface area contributed by atoms with Crippen LogP contribution in [0.25, 0.3) is 0 Å². The highest BCUT2D eigenvalue weighted by Gasteiger charge is 2.34. The average molecular weight is 289 g/mol. The molecule has 2 heterocycles. The van der Waals surface area contributed by atoms with E-state index in [9.17, 15) is 0 Å². The fourth-order valence-electron chi connectivity index (χ4n) is 2.96. The van der Waals surface area contributed by atoms with Crippen molar-refractivity contribution in [2.75, 3.05) is 0 Å². The third-order valence-corrected chi connectivity index (χ3v) is 4.78. The van der Waals surface area contributed by atoms with Crippen LogP contribution < -0.4 is 11.3 Å². The molecule has 0 radical (unpaired) electrons. The Morgan fingerprint density at radius 3 is 3.05 bits per heavy atom. The van der Waals surface area contributed by atoms with Gasteiger partial charge in [0.25, 0.3) is 0 Å². The molecule has 3 N–H and O–H groups in total. The second-order valence-electron chi connectivity index (χ2n) is 5.51. The first kappa shape index (κ1) is 13.6. The molecule has 1 aliphatic carbocycles. The highest BCUT2D eigenvalue weighted by atomic mass is 32.1. The van der Waals surface area contributed by atoms with Crippen LogP contribution in [0.1, 0.15) is 60.0 Å². The molecular weight excluding hydrogens is 270 g/mol. The first-order valence-electron chi connectivity index (χ1n) is 6.94. The number of aryl methyl sites for hydroxylation is 1. The fraction of sp³-hybridized carbons (Fsp3) is 0.500. The number of nitrogens with two attached hydrogens (primary N) is 1. The molecule has 0 aliphatic heterocycles. The van der Waals surface area contributed by atoms with E-state index in [-0.39, 0.29) is 6.04 Å². The second-order valence-corrected chi connectivity index (χ2v) is 6.30. The van der Waals surface area contributed by atoms with E-state index in [1.54, 1.807) is 0 Å². The van der Waals surface area contributed by atoms with Crippen molar-refractivity contribution >= 4 is 11.5 Å². The molecule has 0 spiro atoms. The number of hydrogen-bond acceptors (Lipinski definition) is 6. The molecule has 2 atom stereocenters. The average Bonchev–Trinajstić information content (AvgIpc) is 3.07. The molecule has 0 aromatic carbocycles. The highest BCUT2D eigenvalue weighted by molar-refractivity contribution is 7.05. The Hall–Kier alpha value is -1.37. The molecule has 0 saturated heterocycles. The number of fused-ring (bicyclic) bond motifs is 1. The molecule has 6 heteroatoms. The quantitative estimate of drug-likeness (QED) is 0.667. The lowest BCUT2D eigenvalue weighted by atomic mass is 9.93. The highest BCUT2D eigenvalue weighted by Crippen LogP contribution is 2.42. The van der Waals surface area contributed by atoms with Gasteiger partial charge in [-0.05, 0) is 41.9 Å². The van der Waals surface area contributed by atoms with Gasteiger partial charge in [0.15, 0.2) is 0 Å². The van der Waals surface area contributed by atoms with E-state index >= 15 is 0 Å². The molecule has 5 nitrogen and oxygen atoms in total. The summed E-state index contributed by atoms with van der Waals surface area (Å²) in [6, 6.07) is 4.20. The lowest BCUT2D eigenvalue weighted by Gasteiger charge is -2.22. The summed E-state index contributed by atoms with van der Waals surface area (Å²) < 4.78 is 4.12. The molecule has 2 aromatic rings. The molecule has 0 fully saturated rings. The third-order valence-electron chi connectivity index (χ3n) is 3.95. The Labute approximate surface area is 122 Å². The molecule has 0 amide bonds. The van der Waals surface area contributed by atoms with Crippen LogP contribution in [0.2, 0.25) is 0 Å². The number of nitrogens with one attached hydrogen (secondary N) is 1. The Balaban J connectivity index is 1.97. The topological polar surface area (TPSA) is 76.7 Å². The summed E-state index contributed by atoms with van der Waals surface area (Å²) in [5.74, 6) is 6.50. The fourth-order valence-corrected chi connectivity index (χ4v) is 3.90. The van der Waals surface area contributed by atoms with E-state index in [2.05, 4.69) is 39.9 Å². The summed E-state index contributed by atoms with van der Waals surface area (Å²) in [6.07, 6.45) is 3.99. The van der Waals surface area contributed by atoms with Crippen molar-refractivity contribution in [3.8, 4) is 0 Å². The van der Waals surface area contributed by atoms with E-state index < -0.39 is 0 Å². The molecule has 20 heavy (non-hydrogen) atoms. The zero-order chi connectivity index (χ0) is 14.1. The SMILES string of the molecule is CC(C)c1nnsc1C(NN)C1CCc2cccnc21. The first-order chi connectivity index (χ1) is 9.72. The van der Waals surface area contributed by atoms with E-state index in [1.165, 1.54) is 22.8 Å². The summed E-state index contributed by atoms with van der Waals surface area (Å²) in [4.78, 5) is 5.71. The largest absolute Gasteiger partial charge is 0.271 e. The lowest BCUT2D eigenvalue weighted by molar-refractivity contribution is 0.448. The van der Waals surface area contributed by atoms with Gasteiger partial charge in [-0.25, -0.2) is 0 Å². The van der Waals surface area contributed by atoms with Crippen molar-refractivity contribution in [1.29, 1.82) is 0 Å². The van der Waals surface area contributed by atoms with Crippen molar-refractivity contribution < 1.29 is 0 Å². The van der Waals surface area contributed by atoms with Crippen molar-refractivity contribution in [2.24, 2.45) is 5.84 Å². The molecule has 0 bridgehead atoms. The molecule has 2 unspecified atom stereocenters.